The van der Waals surface area contributed by atoms with Gasteiger partial charge in [-0.05, 0) is 18.1 Å². The molecule has 2 aromatic rings. The molecular weight excluding hydrogens is 286 g/mol. The molecule has 23 heavy (non-hydrogen) atoms. The van der Waals surface area contributed by atoms with E-state index >= 15 is 0 Å². The van der Waals surface area contributed by atoms with Crippen molar-refractivity contribution < 1.29 is 9.47 Å². The van der Waals surface area contributed by atoms with Crippen LogP contribution in [0.2, 0.25) is 0 Å². The van der Waals surface area contributed by atoms with E-state index in [4.69, 9.17) is 9.47 Å². The summed E-state index contributed by atoms with van der Waals surface area (Å²) in [4.78, 5) is 2.40. The van der Waals surface area contributed by atoms with Crippen LogP contribution in [0, 0.1) is 6.92 Å². The Morgan fingerprint density at radius 2 is 1.61 bits per heavy atom. The van der Waals surface area contributed by atoms with Gasteiger partial charge in [0.15, 0.2) is 0 Å². The molecule has 0 saturated carbocycles. The Morgan fingerprint density at radius 1 is 0.957 bits per heavy atom. The van der Waals surface area contributed by atoms with Crippen molar-refractivity contribution in [2.75, 3.05) is 39.5 Å². The molecule has 1 atom stereocenters. The van der Waals surface area contributed by atoms with Crippen LogP contribution in [0.25, 0.3) is 0 Å². The molecule has 0 radical (unpaired) electrons. The van der Waals surface area contributed by atoms with Crippen LogP contribution in [0.4, 0.5) is 0 Å². The summed E-state index contributed by atoms with van der Waals surface area (Å²) in [5.41, 5.74) is 3.69. The lowest BCUT2D eigenvalue weighted by atomic mass is 10.0. The van der Waals surface area contributed by atoms with E-state index in [9.17, 15) is 0 Å². The van der Waals surface area contributed by atoms with Gasteiger partial charge in [-0.3, -0.25) is 4.90 Å². The van der Waals surface area contributed by atoms with Crippen LogP contribution >= 0.6 is 0 Å². The van der Waals surface area contributed by atoms with E-state index in [2.05, 4.69) is 60.4 Å². The van der Waals surface area contributed by atoms with Gasteiger partial charge in [-0.2, -0.15) is 0 Å². The lowest BCUT2D eigenvalue weighted by Gasteiger charge is -2.27. The minimum atomic E-state index is -0.00200. The zero-order valence-electron chi connectivity index (χ0n) is 13.8. The molecule has 0 N–H and O–H groups in total. The minimum absolute atomic E-state index is 0.00200. The predicted molar refractivity (Wildman–Crippen MR) is 92.7 cm³/mol. The molecule has 1 saturated heterocycles. The fraction of sp³-hybridized carbons (Fsp3) is 0.400. The molecular formula is C20H25NO2. The van der Waals surface area contributed by atoms with Crippen LogP contribution in [-0.2, 0) is 9.47 Å². The van der Waals surface area contributed by atoms with Gasteiger partial charge in [0.1, 0.15) is 6.10 Å². The van der Waals surface area contributed by atoms with Crippen LogP contribution in [0.1, 0.15) is 22.8 Å². The van der Waals surface area contributed by atoms with Crippen molar-refractivity contribution in [3.63, 3.8) is 0 Å². The first-order valence-electron chi connectivity index (χ1n) is 8.36. The Balaban J connectivity index is 1.66. The summed E-state index contributed by atoms with van der Waals surface area (Å²) in [7, 11) is 0. The average molecular weight is 311 g/mol. The van der Waals surface area contributed by atoms with Crippen molar-refractivity contribution in [3.8, 4) is 0 Å². The summed E-state index contributed by atoms with van der Waals surface area (Å²) in [6.45, 7) is 7.47. The third-order valence-corrected chi connectivity index (χ3v) is 4.28. The molecule has 2 aromatic carbocycles. The number of morpholine rings is 1. The molecule has 0 aliphatic carbocycles. The van der Waals surface area contributed by atoms with Crippen molar-refractivity contribution in [1.82, 2.24) is 4.90 Å². The molecule has 3 heteroatoms. The zero-order valence-corrected chi connectivity index (χ0v) is 13.8. The van der Waals surface area contributed by atoms with Crippen LogP contribution in [-0.4, -0.2) is 44.4 Å². The maximum absolute atomic E-state index is 6.27. The van der Waals surface area contributed by atoms with Gasteiger partial charge in [0, 0.05) is 19.6 Å². The van der Waals surface area contributed by atoms with Crippen molar-refractivity contribution >= 4 is 0 Å². The highest BCUT2D eigenvalue weighted by molar-refractivity contribution is 5.31. The van der Waals surface area contributed by atoms with E-state index in [1.165, 1.54) is 16.7 Å². The fourth-order valence-electron chi connectivity index (χ4n) is 2.88. The quantitative estimate of drug-likeness (QED) is 0.816. The van der Waals surface area contributed by atoms with Gasteiger partial charge in [0.05, 0.1) is 19.8 Å². The average Bonchev–Trinajstić information content (AvgIpc) is 2.61. The second-order valence-corrected chi connectivity index (χ2v) is 6.03. The largest absolute Gasteiger partial charge is 0.379 e. The first kappa shape index (κ1) is 16.2. The fourth-order valence-corrected chi connectivity index (χ4v) is 2.88. The predicted octanol–water partition coefficient (Wildman–Crippen LogP) is 3.43. The summed E-state index contributed by atoms with van der Waals surface area (Å²) < 4.78 is 11.7. The summed E-state index contributed by atoms with van der Waals surface area (Å²) in [6.07, 6.45) is -0.00200. The second-order valence-electron chi connectivity index (χ2n) is 6.03. The Hall–Kier alpha value is -1.68. The van der Waals surface area contributed by atoms with Gasteiger partial charge in [0.2, 0.25) is 0 Å². The summed E-state index contributed by atoms with van der Waals surface area (Å²) in [5.74, 6) is 0. The van der Waals surface area contributed by atoms with Crippen LogP contribution < -0.4 is 0 Å². The number of hydrogen-bond acceptors (Lipinski definition) is 3. The SMILES string of the molecule is Cc1ccc([C@H](OCCN2CCOCC2)c2ccccc2)cc1. The normalized spacial score (nSPS) is 17.1. The van der Waals surface area contributed by atoms with Crippen molar-refractivity contribution in [3.05, 3.63) is 71.3 Å². The van der Waals surface area contributed by atoms with E-state index in [1.54, 1.807) is 0 Å². The molecule has 1 fully saturated rings. The third kappa shape index (κ3) is 4.64. The number of hydrogen-bond donors (Lipinski definition) is 0. The maximum atomic E-state index is 6.27. The summed E-state index contributed by atoms with van der Waals surface area (Å²) >= 11 is 0. The topological polar surface area (TPSA) is 21.7 Å². The van der Waals surface area contributed by atoms with Gasteiger partial charge in [-0.25, -0.2) is 0 Å². The molecule has 122 valence electrons. The van der Waals surface area contributed by atoms with E-state index in [0.29, 0.717) is 0 Å². The van der Waals surface area contributed by atoms with E-state index in [1.807, 2.05) is 6.07 Å². The van der Waals surface area contributed by atoms with Crippen molar-refractivity contribution in [2.45, 2.75) is 13.0 Å². The summed E-state index contributed by atoms with van der Waals surface area (Å²) in [5, 5.41) is 0. The molecule has 1 heterocycles. The highest BCUT2D eigenvalue weighted by Crippen LogP contribution is 2.26. The molecule has 3 rings (SSSR count). The minimum Gasteiger partial charge on any atom is -0.379 e. The molecule has 1 aliphatic heterocycles. The molecule has 0 amide bonds. The third-order valence-electron chi connectivity index (χ3n) is 4.28. The standard InChI is InChI=1S/C20H25NO2/c1-17-7-9-19(10-8-17)20(18-5-3-2-4-6-18)23-16-13-21-11-14-22-15-12-21/h2-10,20H,11-16H2,1H3/t20-/m1/s1. The molecule has 1 aliphatic rings. The zero-order chi connectivity index (χ0) is 15.9. The molecule has 0 aromatic heterocycles. The summed E-state index contributed by atoms with van der Waals surface area (Å²) in [6, 6.07) is 19.1. The number of benzene rings is 2. The van der Waals surface area contributed by atoms with Crippen LogP contribution in [0.3, 0.4) is 0 Å². The van der Waals surface area contributed by atoms with Gasteiger partial charge < -0.3 is 9.47 Å². The van der Waals surface area contributed by atoms with E-state index in [0.717, 1.165) is 39.5 Å². The Kier molecular flexibility index (Phi) is 5.81. The Bertz CT molecular complexity index is 576. The highest BCUT2D eigenvalue weighted by atomic mass is 16.5. The molecule has 0 spiro atoms. The van der Waals surface area contributed by atoms with Gasteiger partial charge in [-0.15, -0.1) is 0 Å². The molecule has 0 bridgehead atoms. The van der Waals surface area contributed by atoms with Crippen molar-refractivity contribution in [2.24, 2.45) is 0 Å². The van der Waals surface area contributed by atoms with E-state index < -0.39 is 0 Å². The number of nitrogens with zero attached hydrogens (tertiary/aromatic N) is 1. The second kappa shape index (κ2) is 8.25. The first-order valence-corrected chi connectivity index (χ1v) is 8.36. The van der Waals surface area contributed by atoms with Gasteiger partial charge in [-0.1, -0.05) is 60.2 Å². The molecule has 3 nitrogen and oxygen atoms in total. The van der Waals surface area contributed by atoms with Crippen LogP contribution in [0.5, 0.6) is 0 Å². The van der Waals surface area contributed by atoms with Crippen molar-refractivity contribution in [1.29, 1.82) is 0 Å². The van der Waals surface area contributed by atoms with E-state index in [-0.39, 0.29) is 6.10 Å². The maximum Gasteiger partial charge on any atom is 0.108 e. The highest BCUT2D eigenvalue weighted by Gasteiger charge is 2.16. The lowest BCUT2D eigenvalue weighted by Crippen LogP contribution is -2.38. The first-order chi connectivity index (χ1) is 11.3. The Morgan fingerprint density at radius 3 is 2.30 bits per heavy atom. The smallest absolute Gasteiger partial charge is 0.108 e. The monoisotopic (exact) mass is 311 g/mol. The number of aryl methyl sites for hydroxylation is 1. The Labute approximate surface area is 138 Å². The number of ether oxygens (including phenoxy) is 2. The lowest BCUT2D eigenvalue weighted by molar-refractivity contribution is 0.00967. The van der Waals surface area contributed by atoms with Gasteiger partial charge >= 0.3 is 0 Å². The van der Waals surface area contributed by atoms with Crippen LogP contribution in [0.15, 0.2) is 54.6 Å². The molecule has 0 unspecified atom stereocenters. The van der Waals surface area contributed by atoms with Gasteiger partial charge in [0.25, 0.3) is 0 Å². The number of rotatable bonds is 6.